The van der Waals surface area contributed by atoms with Gasteiger partial charge in [0.1, 0.15) is 5.75 Å². The minimum Gasteiger partial charge on any atom is -0.490 e. The zero-order valence-corrected chi connectivity index (χ0v) is 13.7. The highest BCUT2D eigenvalue weighted by Gasteiger charge is 2.31. The lowest BCUT2D eigenvalue weighted by molar-refractivity contribution is 0.112. The Bertz CT molecular complexity index is 541. The average Bonchev–Trinajstić information content (AvgIpc) is 3.34. The number of urea groups is 1. The van der Waals surface area contributed by atoms with Crippen molar-refractivity contribution < 1.29 is 14.6 Å². The molecule has 2 fully saturated rings. The van der Waals surface area contributed by atoms with Crippen molar-refractivity contribution in [2.24, 2.45) is 5.92 Å². The van der Waals surface area contributed by atoms with Crippen LogP contribution in [0.1, 0.15) is 37.7 Å². The minimum atomic E-state index is -0.403. The van der Waals surface area contributed by atoms with E-state index in [2.05, 4.69) is 5.32 Å². The molecule has 5 nitrogen and oxygen atoms in total. The van der Waals surface area contributed by atoms with Crippen LogP contribution in [0.25, 0.3) is 0 Å². The maximum atomic E-state index is 12.2. The van der Waals surface area contributed by atoms with Gasteiger partial charge in [-0.3, -0.25) is 0 Å². The summed E-state index contributed by atoms with van der Waals surface area (Å²) in [6.45, 7) is 0.822. The smallest absolute Gasteiger partial charge is 0.317 e. The third-order valence-corrected chi connectivity index (χ3v) is 4.72. The van der Waals surface area contributed by atoms with Gasteiger partial charge in [0.2, 0.25) is 0 Å². The number of ether oxygens (including phenoxy) is 1. The van der Waals surface area contributed by atoms with Crippen LogP contribution in [0.3, 0.4) is 0 Å². The molecular weight excluding hydrogens is 292 g/mol. The van der Waals surface area contributed by atoms with Gasteiger partial charge in [-0.05, 0) is 44.1 Å². The van der Waals surface area contributed by atoms with Crippen LogP contribution >= 0.6 is 0 Å². The lowest BCUT2D eigenvalue weighted by Gasteiger charge is -2.27. The number of hydrogen-bond donors (Lipinski definition) is 2. The topological polar surface area (TPSA) is 61.8 Å². The minimum absolute atomic E-state index is 0.164. The molecule has 1 atom stereocenters. The molecule has 1 aromatic carbocycles. The van der Waals surface area contributed by atoms with Crippen LogP contribution < -0.4 is 10.1 Å². The number of benzene rings is 1. The summed E-state index contributed by atoms with van der Waals surface area (Å²) >= 11 is 0. The van der Waals surface area contributed by atoms with Crippen molar-refractivity contribution >= 4 is 6.03 Å². The van der Waals surface area contributed by atoms with Crippen LogP contribution in [0.5, 0.6) is 5.75 Å². The van der Waals surface area contributed by atoms with Gasteiger partial charge in [-0.2, -0.15) is 0 Å². The molecule has 23 heavy (non-hydrogen) atoms. The molecule has 0 aromatic heterocycles. The van der Waals surface area contributed by atoms with Crippen molar-refractivity contribution in [1.29, 1.82) is 0 Å². The highest BCUT2D eigenvalue weighted by Crippen LogP contribution is 2.32. The van der Waals surface area contributed by atoms with E-state index in [-0.39, 0.29) is 6.03 Å². The molecule has 0 spiro atoms. The summed E-state index contributed by atoms with van der Waals surface area (Å²) in [6, 6.07) is 7.68. The molecule has 2 N–H and O–H groups in total. The standard InChI is InChI=1S/C18H26N2O3/c1-20(12-16(21)13-9-10-13)18(22)19-11-14-5-2-3-8-17(14)23-15-6-4-7-15/h2-3,5,8,13,15-16,21H,4,6-7,9-12H2,1H3,(H,19,22). The number of nitrogens with zero attached hydrogens (tertiary/aromatic N) is 1. The van der Waals surface area contributed by atoms with Gasteiger partial charge in [0.25, 0.3) is 0 Å². The summed E-state index contributed by atoms with van der Waals surface area (Å²) in [5.41, 5.74) is 0.990. The molecule has 0 aliphatic heterocycles. The second kappa shape index (κ2) is 7.21. The van der Waals surface area contributed by atoms with Crippen molar-refractivity contribution in [1.82, 2.24) is 10.2 Å². The normalized spacial score (nSPS) is 18.9. The van der Waals surface area contributed by atoms with Gasteiger partial charge in [0.15, 0.2) is 0 Å². The Balaban J connectivity index is 1.49. The van der Waals surface area contributed by atoms with Gasteiger partial charge in [0, 0.05) is 25.7 Å². The molecule has 0 heterocycles. The number of aliphatic hydroxyl groups is 1. The number of hydrogen-bond acceptors (Lipinski definition) is 3. The number of carbonyl (C=O) groups excluding carboxylic acids is 1. The van der Waals surface area contributed by atoms with Crippen molar-refractivity contribution in [2.45, 2.75) is 50.9 Å². The molecule has 2 aliphatic carbocycles. The van der Waals surface area contributed by atoms with Crippen LogP contribution in [0.2, 0.25) is 0 Å². The van der Waals surface area contributed by atoms with Crippen LogP contribution in [0, 0.1) is 5.92 Å². The first kappa shape index (κ1) is 16.1. The monoisotopic (exact) mass is 318 g/mol. The van der Waals surface area contributed by atoms with E-state index in [0.29, 0.717) is 25.1 Å². The SMILES string of the molecule is CN(CC(O)C1CC1)C(=O)NCc1ccccc1OC1CCC1. The number of nitrogens with one attached hydrogen (secondary N) is 1. The third-order valence-electron chi connectivity index (χ3n) is 4.72. The van der Waals surface area contributed by atoms with E-state index in [4.69, 9.17) is 4.74 Å². The van der Waals surface area contributed by atoms with Gasteiger partial charge >= 0.3 is 6.03 Å². The lowest BCUT2D eigenvalue weighted by atomic mass is 9.96. The largest absolute Gasteiger partial charge is 0.490 e. The van der Waals surface area contributed by atoms with Crippen molar-refractivity contribution in [3.8, 4) is 5.75 Å². The fourth-order valence-electron chi connectivity index (χ4n) is 2.73. The Hall–Kier alpha value is -1.75. The van der Waals surface area contributed by atoms with Gasteiger partial charge in [0.05, 0.1) is 12.2 Å². The first-order chi connectivity index (χ1) is 11.1. The Morgan fingerprint density at radius 1 is 1.35 bits per heavy atom. The van der Waals surface area contributed by atoms with E-state index in [1.54, 1.807) is 11.9 Å². The third kappa shape index (κ3) is 4.38. The molecule has 0 bridgehead atoms. The average molecular weight is 318 g/mol. The van der Waals surface area contributed by atoms with Crippen molar-refractivity contribution in [2.75, 3.05) is 13.6 Å². The van der Waals surface area contributed by atoms with Gasteiger partial charge in [-0.15, -0.1) is 0 Å². The summed E-state index contributed by atoms with van der Waals surface area (Å²) < 4.78 is 5.97. The molecular formula is C18H26N2O3. The second-order valence-electron chi connectivity index (χ2n) is 6.72. The molecule has 2 aliphatic rings. The number of aliphatic hydroxyl groups excluding tert-OH is 1. The van der Waals surface area contributed by atoms with Gasteiger partial charge < -0.3 is 20.1 Å². The summed E-state index contributed by atoms with van der Waals surface area (Å²) in [6.07, 6.45) is 5.52. The number of carbonyl (C=O) groups is 1. The summed E-state index contributed by atoms with van der Waals surface area (Å²) in [7, 11) is 1.72. The summed E-state index contributed by atoms with van der Waals surface area (Å²) in [5.74, 6) is 1.24. The van der Waals surface area contributed by atoms with E-state index in [0.717, 1.165) is 37.0 Å². The molecule has 0 radical (unpaired) electrons. The van der Waals surface area contributed by atoms with Crippen LogP contribution in [0.15, 0.2) is 24.3 Å². The lowest BCUT2D eigenvalue weighted by Crippen LogP contribution is -2.41. The van der Waals surface area contributed by atoms with E-state index >= 15 is 0 Å². The van der Waals surface area contributed by atoms with Gasteiger partial charge in [-0.25, -0.2) is 4.79 Å². The molecule has 1 aromatic rings. The number of para-hydroxylation sites is 1. The Kier molecular flexibility index (Phi) is 5.06. The quantitative estimate of drug-likeness (QED) is 0.812. The molecule has 5 heteroatoms. The van der Waals surface area contributed by atoms with E-state index in [9.17, 15) is 9.90 Å². The first-order valence-corrected chi connectivity index (χ1v) is 8.55. The number of likely N-dealkylation sites (N-methyl/N-ethyl adjacent to an activating group) is 1. The van der Waals surface area contributed by atoms with Crippen LogP contribution in [-0.2, 0) is 6.54 Å². The molecule has 1 unspecified atom stereocenters. The fraction of sp³-hybridized carbons (Fsp3) is 0.611. The molecule has 0 saturated heterocycles. The van der Waals surface area contributed by atoms with Gasteiger partial charge in [-0.1, -0.05) is 18.2 Å². The Labute approximate surface area is 137 Å². The maximum absolute atomic E-state index is 12.2. The number of rotatable bonds is 7. The molecule has 2 saturated carbocycles. The fourth-order valence-corrected chi connectivity index (χ4v) is 2.73. The Morgan fingerprint density at radius 3 is 2.74 bits per heavy atom. The second-order valence-corrected chi connectivity index (χ2v) is 6.72. The summed E-state index contributed by atoms with van der Waals surface area (Å²) in [5, 5.41) is 12.8. The van der Waals surface area contributed by atoms with E-state index in [1.165, 1.54) is 6.42 Å². The maximum Gasteiger partial charge on any atom is 0.317 e. The molecule has 2 amide bonds. The zero-order chi connectivity index (χ0) is 16.2. The first-order valence-electron chi connectivity index (χ1n) is 8.55. The molecule has 3 rings (SSSR count). The van der Waals surface area contributed by atoms with Crippen molar-refractivity contribution in [3.63, 3.8) is 0 Å². The molecule has 126 valence electrons. The van der Waals surface area contributed by atoms with Crippen LogP contribution in [-0.4, -0.2) is 41.8 Å². The highest BCUT2D eigenvalue weighted by molar-refractivity contribution is 5.74. The summed E-state index contributed by atoms with van der Waals surface area (Å²) in [4.78, 5) is 13.7. The zero-order valence-electron chi connectivity index (χ0n) is 13.7. The predicted molar refractivity (Wildman–Crippen MR) is 88.3 cm³/mol. The number of amides is 2. The van der Waals surface area contributed by atoms with Crippen molar-refractivity contribution in [3.05, 3.63) is 29.8 Å². The van der Waals surface area contributed by atoms with Crippen LogP contribution in [0.4, 0.5) is 4.79 Å². The van der Waals surface area contributed by atoms with E-state index in [1.807, 2.05) is 24.3 Å². The van der Waals surface area contributed by atoms with E-state index < -0.39 is 6.10 Å². The predicted octanol–water partition coefficient (Wildman–Crippen LogP) is 2.53. The Morgan fingerprint density at radius 2 is 2.09 bits per heavy atom. The highest BCUT2D eigenvalue weighted by atomic mass is 16.5.